The predicted octanol–water partition coefficient (Wildman–Crippen LogP) is 3.09. The van der Waals surface area contributed by atoms with E-state index in [0.29, 0.717) is 13.2 Å². The van der Waals surface area contributed by atoms with Crippen molar-refractivity contribution in [2.75, 3.05) is 26.4 Å². The van der Waals surface area contributed by atoms with Gasteiger partial charge < -0.3 is 25.1 Å². The Morgan fingerprint density at radius 2 is 1.67 bits per heavy atom. The zero-order valence-corrected chi connectivity index (χ0v) is 17.3. The first kappa shape index (κ1) is 22.1. The molecule has 1 heterocycles. The van der Waals surface area contributed by atoms with Crippen LogP contribution in [-0.4, -0.2) is 46.2 Å². The smallest absolute Gasteiger partial charge is 0.373 e. The van der Waals surface area contributed by atoms with Crippen molar-refractivity contribution in [3.8, 4) is 0 Å². The first-order valence-electron chi connectivity index (χ1n) is 9.92. The summed E-state index contributed by atoms with van der Waals surface area (Å²) in [5, 5.41) is -0.495. The third-order valence-corrected chi connectivity index (χ3v) is 9.67. The molecule has 5 nitrogen and oxygen atoms in total. The van der Waals surface area contributed by atoms with Gasteiger partial charge in [-0.15, -0.1) is 0 Å². The zero-order chi connectivity index (χ0) is 18.1. The Labute approximate surface area is 150 Å². The molecule has 0 spiro atoms. The summed E-state index contributed by atoms with van der Waals surface area (Å²) in [4.78, 5) is 0. The highest BCUT2D eigenvalue weighted by molar-refractivity contribution is 6.71. The average Bonchev–Trinajstić information content (AvgIpc) is 2.58. The molecule has 0 bridgehead atoms. The van der Waals surface area contributed by atoms with E-state index in [9.17, 15) is 0 Å². The molecular formula is C18H40N2O3Si. The lowest BCUT2D eigenvalue weighted by Crippen LogP contribution is -2.76. The van der Waals surface area contributed by atoms with Crippen molar-refractivity contribution in [2.45, 2.75) is 83.5 Å². The van der Waals surface area contributed by atoms with Crippen LogP contribution in [0.1, 0.15) is 66.2 Å². The maximum absolute atomic E-state index is 6.71. The van der Waals surface area contributed by atoms with Gasteiger partial charge in [0.2, 0.25) is 0 Å². The predicted molar refractivity (Wildman–Crippen MR) is 102 cm³/mol. The van der Waals surface area contributed by atoms with Crippen molar-refractivity contribution in [3.63, 3.8) is 0 Å². The van der Waals surface area contributed by atoms with Crippen molar-refractivity contribution in [2.24, 2.45) is 17.4 Å². The molecule has 3 atom stereocenters. The Morgan fingerprint density at radius 3 is 2.17 bits per heavy atom. The highest BCUT2D eigenvalue weighted by Crippen LogP contribution is 2.46. The summed E-state index contributed by atoms with van der Waals surface area (Å²) in [6, 6.07) is 0.930. The Balaban J connectivity index is 3.30. The van der Waals surface area contributed by atoms with Crippen LogP contribution in [0.2, 0.25) is 6.04 Å². The lowest BCUT2D eigenvalue weighted by atomic mass is 9.91. The maximum atomic E-state index is 6.71. The van der Waals surface area contributed by atoms with Crippen LogP contribution in [0.3, 0.4) is 0 Å². The second-order valence-electron chi connectivity index (χ2n) is 7.07. The van der Waals surface area contributed by atoms with Gasteiger partial charge in [0.05, 0.1) is 0 Å². The van der Waals surface area contributed by atoms with Crippen molar-refractivity contribution in [1.29, 1.82) is 0 Å². The van der Waals surface area contributed by atoms with Crippen LogP contribution in [-0.2, 0) is 13.6 Å². The fraction of sp³-hybridized carbons (Fsp3) is 1.00. The summed E-state index contributed by atoms with van der Waals surface area (Å²) in [7, 11) is -2.61. The summed E-state index contributed by atoms with van der Waals surface area (Å²) in [5.41, 5.74) is 12.6. The van der Waals surface area contributed by atoms with E-state index in [-0.39, 0.29) is 12.0 Å². The normalized spacial score (nSPS) is 28.0. The van der Waals surface area contributed by atoms with Gasteiger partial charge in [0, 0.05) is 25.9 Å². The van der Waals surface area contributed by atoms with Gasteiger partial charge in [-0.3, -0.25) is 0 Å². The number of rotatable bonds is 12. The van der Waals surface area contributed by atoms with Crippen LogP contribution >= 0.6 is 0 Å². The van der Waals surface area contributed by atoms with Gasteiger partial charge in [0.25, 0.3) is 0 Å². The summed E-state index contributed by atoms with van der Waals surface area (Å²) >= 11 is 0. The number of ether oxygens (including phenoxy) is 1. The van der Waals surface area contributed by atoms with Gasteiger partial charge in [-0.1, -0.05) is 27.7 Å². The third kappa shape index (κ3) is 4.59. The monoisotopic (exact) mass is 360 g/mol. The number of hydrogen-bond acceptors (Lipinski definition) is 5. The molecule has 1 saturated heterocycles. The van der Waals surface area contributed by atoms with Crippen LogP contribution in [0.15, 0.2) is 0 Å². The summed E-state index contributed by atoms with van der Waals surface area (Å²) in [5.74, 6) is 0.240. The second kappa shape index (κ2) is 10.9. The molecule has 1 aliphatic rings. The Bertz CT molecular complexity index is 338. The lowest BCUT2D eigenvalue weighted by molar-refractivity contribution is -0.0898. The summed E-state index contributed by atoms with van der Waals surface area (Å²) in [6.45, 7) is 11.4. The largest absolute Gasteiger partial charge is 0.393 e. The third-order valence-electron chi connectivity index (χ3n) is 5.12. The van der Waals surface area contributed by atoms with Crippen molar-refractivity contribution >= 4 is 8.56 Å². The first-order valence-corrected chi connectivity index (χ1v) is 11.9. The fourth-order valence-corrected chi connectivity index (χ4v) is 8.91. The summed E-state index contributed by atoms with van der Waals surface area (Å²) < 4.78 is 19.7. The van der Waals surface area contributed by atoms with Crippen LogP contribution < -0.4 is 11.5 Å². The van der Waals surface area contributed by atoms with E-state index in [1.807, 2.05) is 0 Å². The topological polar surface area (TPSA) is 79.7 Å². The molecule has 1 fully saturated rings. The highest BCUT2D eigenvalue weighted by atomic mass is 28.4. The van der Waals surface area contributed by atoms with Crippen LogP contribution in [0, 0.1) is 5.92 Å². The van der Waals surface area contributed by atoms with E-state index >= 15 is 0 Å². The standard InChI is InChI=1S/C18H40N2O3Si/c1-5-12-21-18(16(4)10-11-19)17(20)9-8-15-24(18,22-13-6-2)23-14-7-3/h16-17H,5-15,19-20H2,1-4H3. The minimum absolute atomic E-state index is 0.0419. The average molecular weight is 361 g/mol. The quantitative estimate of drug-likeness (QED) is 0.523. The van der Waals surface area contributed by atoms with Crippen LogP contribution in [0.25, 0.3) is 0 Å². The maximum Gasteiger partial charge on any atom is 0.373 e. The molecule has 0 aromatic carbocycles. The summed E-state index contributed by atoms with van der Waals surface area (Å²) in [6.07, 6.45) is 5.85. The van der Waals surface area contributed by atoms with Gasteiger partial charge >= 0.3 is 8.56 Å². The van der Waals surface area contributed by atoms with Gasteiger partial charge in [0.15, 0.2) is 0 Å². The molecule has 0 saturated carbocycles. The second-order valence-corrected chi connectivity index (χ2v) is 10.4. The van der Waals surface area contributed by atoms with Gasteiger partial charge in [0.1, 0.15) is 5.22 Å². The van der Waals surface area contributed by atoms with Crippen molar-refractivity contribution in [1.82, 2.24) is 0 Å². The highest BCUT2D eigenvalue weighted by Gasteiger charge is 2.66. The molecule has 1 rings (SSSR count). The molecule has 0 radical (unpaired) electrons. The van der Waals surface area contributed by atoms with E-state index in [2.05, 4.69) is 27.7 Å². The van der Waals surface area contributed by atoms with E-state index in [1.165, 1.54) is 0 Å². The van der Waals surface area contributed by atoms with E-state index < -0.39 is 13.8 Å². The molecular weight excluding hydrogens is 320 g/mol. The molecule has 0 aromatic rings. The minimum atomic E-state index is -2.61. The molecule has 6 heteroatoms. The SMILES string of the molecule is CCCOC1(C(C)CCN)C(N)CCC[Si]1(OCCC)OCCC. The molecule has 0 amide bonds. The molecule has 4 N–H and O–H groups in total. The van der Waals surface area contributed by atoms with Gasteiger partial charge in [-0.25, -0.2) is 0 Å². The van der Waals surface area contributed by atoms with Gasteiger partial charge in [-0.2, -0.15) is 0 Å². The lowest BCUT2D eigenvalue weighted by Gasteiger charge is -2.55. The Kier molecular flexibility index (Phi) is 10.0. The molecule has 0 aromatic heterocycles. The van der Waals surface area contributed by atoms with E-state index in [4.69, 9.17) is 25.1 Å². The molecule has 24 heavy (non-hydrogen) atoms. The van der Waals surface area contributed by atoms with E-state index in [1.54, 1.807) is 0 Å². The van der Waals surface area contributed by atoms with Crippen molar-refractivity contribution in [3.05, 3.63) is 0 Å². The molecule has 1 aliphatic heterocycles. The van der Waals surface area contributed by atoms with Crippen LogP contribution in [0.5, 0.6) is 0 Å². The number of hydrogen-bond donors (Lipinski definition) is 2. The van der Waals surface area contributed by atoms with Crippen molar-refractivity contribution < 1.29 is 13.6 Å². The Hall–Kier alpha value is 0.0169. The first-order chi connectivity index (χ1) is 11.5. The zero-order valence-electron chi connectivity index (χ0n) is 16.3. The Morgan fingerprint density at radius 1 is 1.08 bits per heavy atom. The van der Waals surface area contributed by atoms with E-state index in [0.717, 1.165) is 57.8 Å². The van der Waals surface area contributed by atoms with Crippen LogP contribution in [0.4, 0.5) is 0 Å². The van der Waals surface area contributed by atoms with Gasteiger partial charge in [-0.05, 0) is 57.0 Å². The molecule has 144 valence electrons. The fourth-order valence-electron chi connectivity index (χ4n) is 4.03. The number of nitrogens with two attached hydrogens (primary N) is 2. The molecule has 3 unspecified atom stereocenters. The minimum Gasteiger partial charge on any atom is -0.393 e. The molecule has 0 aliphatic carbocycles.